The summed E-state index contributed by atoms with van der Waals surface area (Å²) in [5, 5.41) is 2.49. The van der Waals surface area contributed by atoms with E-state index in [-0.39, 0.29) is 12.5 Å². The zero-order valence-electron chi connectivity index (χ0n) is 17.0. The summed E-state index contributed by atoms with van der Waals surface area (Å²) in [6.45, 7) is 6.19. The molecule has 0 spiro atoms. The third kappa shape index (κ3) is 6.70. The van der Waals surface area contributed by atoms with Crippen LogP contribution in [0.2, 0.25) is 0 Å². The number of nitrogens with two attached hydrogens (primary N) is 1. The highest BCUT2D eigenvalue weighted by atomic mass is 16.6. The number of hydrogen-bond acceptors (Lipinski definition) is 4. The van der Waals surface area contributed by atoms with Gasteiger partial charge in [-0.2, -0.15) is 0 Å². The van der Waals surface area contributed by atoms with Gasteiger partial charge in [0, 0.05) is 20.1 Å². The number of carbonyl (C=O) groups is 2. The first-order chi connectivity index (χ1) is 13.2. The molecule has 0 saturated carbocycles. The van der Waals surface area contributed by atoms with Gasteiger partial charge in [-0.3, -0.25) is 4.79 Å². The zero-order valence-corrected chi connectivity index (χ0v) is 17.0. The van der Waals surface area contributed by atoms with Crippen LogP contribution < -0.4 is 11.1 Å². The van der Waals surface area contributed by atoms with E-state index in [1.165, 1.54) is 0 Å². The number of alkyl carbamates (subject to hydrolysis) is 1. The molecule has 6 nitrogen and oxygen atoms in total. The Morgan fingerprint density at radius 1 is 1.04 bits per heavy atom. The summed E-state index contributed by atoms with van der Waals surface area (Å²) in [5.41, 5.74) is 9.32. The molecule has 28 heavy (non-hydrogen) atoms. The predicted octanol–water partition coefficient (Wildman–Crippen LogP) is 3.30. The number of hydrogen-bond donors (Lipinski definition) is 2. The van der Waals surface area contributed by atoms with Crippen LogP contribution in [0.4, 0.5) is 4.79 Å². The van der Waals surface area contributed by atoms with Crippen LogP contribution in [0.3, 0.4) is 0 Å². The van der Waals surface area contributed by atoms with Crippen LogP contribution in [0.15, 0.2) is 48.5 Å². The number of benzene rings is 2. The first-order valence-electron chi connectivity index (χ1n) is 9.27. The van der Waals surface area contributed by atoms with Crippen molar-refractivity contribution in [3.05, 3.63) is 59.7 Å². The van der Waals surface area contributed by atoms with Gasteiger partial charge in [0.2, 0.25) is 5.91 Å². The highest BCUT2D eigenvalue weighted by Gasteiger charge is 2.17. The van der Waals surface area contributed by atoms with E-state index >= 15 is 0 Å². The smallest absolute Gasteiger partial charge is 0.408 e. The Balaban J connectivity index is 1.95. The first-order valence-corrected chi connectivity index (χ1v) is 9.27. The lowest BCUT2D eigenvalue weighted by Gasteiger charge is -2.21. The van der Waals surface area contributed by atoms with E-state index in [0.717, 1.165) is 22.3 Å². The minimum atomic E-state index is -0.600. The van der Waals surface area contributed by atoms with E-state index in [2.05, 4.69) is 11.4 Å². The Hall–Kier alpha value is -2.86. The number of nitrogens with one attached hydrogen (secondary N) is 1. The number of likely N-dealkylation sites (N-methyl/N-ethyl adjacent to an activating group) is 1. The molecule has 0 atom stereocenters. The summed E-state index contributed by atoms with van der Waals surface area (Å²) < 4.78 is 5.14. The first kappa shape index (κ1) is 21.4. The van der Waals surface area contributed by atoms with Gasteiger partial charge in [-0.15, -0.1) is 0 Å². The molecule has 6 heteroatoms. The normalized spacial score (nSPS) is 11.0. The van der Waals surface area contributed by atoms with Crippen LogP contribution in [0.1, 0.15) is 31.9 Å². The maximum atomic E-state index is 12.3. The lowest BCUT2D eigenvalue weighted by Crippen LogP contribution is -2.40. The second-order valence-electron chi connectivity index (χ2n) is 7.71. The van der Waals surface area contributed by atoms with Crippen molar-refractivity contribution in [2.45, 2.75) is 39.5 Å². The Kier molecular flexibility index (Phi) is 7.18. The molecule has 0 unspecified atom stereocenters. The van der Waals surface area contributed by atoms with E-state index in [1.54, 1.807) is 32.7 Å². The van der Waals surface area contributed by atoms with Crippen molar-refractivity contribution < 1.29 is 14.3 Å². The fraction of sp³-hybridized carbons (Fsp3) is 0.364. The summed E-state index contributed by atoms with van der Waals surface area (Å²) in [5.74, 6) is -0.191. The molecule has 3 N–H and O–H groups in total. The Bertz CT molecular complexity index is 811. The second-order valence-corrected chi connectivity index (χ2v) is 7.71. The van der Waals surface area contributed by atoms with Gasteiger partial charge in [-0.05, 0) is 49.1 Å². The Morgan fingerprint density at radius 2 is 1.71 bits per heavy atom. The van der Waals surface area contributed by atoms with Crippen molar-refractivity contribution in [3.63, 3.8) is 0 Å². The summed E-state index contributed by atoms with van der Waals surface area (Å²) >= 11 is 0. The van der Waals surface area contributed by atoms with Crippen LogP contribution in [-0.2, 0) is 22.6 Å². The molecule has 0 fully saturated rings. The molecule has 0 aliphatic heterocycles. The molecule has 0 aliphatic carbocycles. The third-order valence-corrected chi connectivity index (χ3v) is 4.08. The fourth-order valence-corrected chi connectivity index (χ4v) is 2.64. The van der Waals surface area contributed by atoms with E-state index < -0.39 is 11.7 Å². The standard InChI is InChI=1S/C22H29N3O3/c1-22(2,3)28-21(27)24-14-20(26)25(4)15-17-6-5-7-19(12-17)18-10-8-16(13-23)9-11-18/h5-12H,13-15,23H2,1-4H3,(H,24,27). The average molecular weight is 383 g/mol. The van der Waals surface area contributed by atoms with Crippen LogP contribution in [0.25, 0.3) is 11.1 Å². The van der Waals surface area contributed by atoms with Crippen molar-refractivity contribution in [1.82, 2.24) is 10.2 Å². The summed E-state index contributed by atoms with van der Waals surface area (Å²) in [6, 6.07) is 16.2. The SMILES string of the molecule is CN(Cc1cccc(-c2ccc(CN)cc2)c1)C(=O)CNC(=O)OC(C)(C)C. The van der Waals surface area contributed by atoms with E-state index in [9.17, 15) is 9.59 Å². The van der Waals surface area contributed by atoms with Crippen molar-refractivity contribution in [2.75, 3.05) is 13.6 Å². The summed E-state index contributed by atoms with van der Waals surface area (Å²) in [4.78, 5) is 25.5. The number of ether oxygens (including phenoxy) is 1. The summed E-state index contributed by atoms with van der Waals surface area (Å²) in [6.07, 6.45) is -0.600. The third-order valence-electron chi connectivity index (χ3n) is 4.08. The summed E-state index contributed by atoms with van der Waals surface area (Å²) in [7, 11) is 1.71. The molecule has 2 aromatic rings. The molecule has 0 aliphatic rings. The number of carbonyl (C=O) groups excluding carboxylic acids is 2. The monoisotopic (exact) mass is 383 g/mol. The van der Waals surface area contributed by atoms with Crippen LogP contribution in [0, 0.1) is 0 Å². The molecular formula is C22H29N3O3. The molecule has 2 aromatic carbocycles. The minimum Gasteiger partial charge on any atom is -0.444 e. The van der Waals surface area contributed by atoms with E-state index in [1.807, 2.05) is 42.5 Å². The molecule has 0 saturated heterocycles. The zero-order chi connectivity index (χ0) is 20.7. The van der Waals surface area contributed by atoms with Crippen molar-refractivity contribution in [3.8, 4) is 11.1 Å². The van der Waals surface area contributed by atoms with Gasteiger partial charge in [-0.25, -0.2) is 4.79 Å². The van der Waals surface area contributed by atoms with Crippen LogP contribution >= 0.6 is 0 Å². The number of nitrogens with zero attached hydrogens (tertiary/aromatic N) is 1. The van der Waals surface area contributed by atoms with Gasteiger partial charge in [0.25, 0.3) is 0 Å². The van der Waals surface area contributed by atoms with Crippen molar-refractivity contribution in [1.29, 1.82) is 0 Å². The topological polar surface area (TPSA) is 84.7 Å². The molecule has 0 heterocycles. The van der Waals surface area contributed by atoms with Gasteiger partial charge in [0.15, 0.2) is 0 Å². The molecule has 0 radical (unpaired) electrons. The van der Waals surface area contributed by atoms with Gasteiger partial charge < -0.3 is 20.7 Å². The molecule has 2 amide bonds. The predicted molar refractivity (Wildman–Crippen MR) is 110 cm³/mol. The van der Waals surface area contributed by atoms with Crippen LogP contribution in [0.5, 0.6) is 0 Å². The highest BCUT2D eigenvalue weighted by Crippen LogP contribution is 2.21. The highest BCUT2D eigenvalue weighted by molar-refractivity contribution is 5.82. The molecule has 0 aromatic heterocycles. The quantitative estimate of drug-likeness (QED) is 0.802. The maximum absolute atomic E-state index is 12.3. The lowest BCUT2D eigenvalue weighted by molar-refractivity contribution is -0.129. The Labute approximate surface area is 166 Å². The number of rotatable bonds is 6. The minimum absolute atomic E-state index is 0.106. The van der Waals surface area contributed by atoms with Crippen molar-refractivity contribution >= 4 is 12.0 Å². The van der Waals surface area contributed by atoms with Crippen molar-refractivity contribution in [2.24, 2.45) is 5.73 Å². The molecule has 0 bridgehead atoms. The fourth-order valence-electron chi connectivity index (χ4n) is 2.64. The van der Waals surface area contributed by atoms with E-state index in [4.69, 9.17) is 10.5 Å². The second kappa shape index (κ2) is 9.37. The molecule has 2 rings (SSSR count). The van der Waals surface area contributed by atoms with Gasteiger partial charge >= 0.3 is 6.09 Å². The van der Waals surface area contributed by atoms with E-state index in [0.29, 0.717) is 13.1 Å². The molecular weight excluding hydrogens is 354 g/mol. The Morgan fingerprint density at radius 3 is 2.32 bits per heavy atom. The maximum Gasteiger partial charge on any atom is 0.408 e. The number of amides is 2. The average Bonchev–Trinajstić information content (AvgIpc) is 2.65. The van der Waals surface area contributed by atoms with Crippen LogP contribution in [-0.4, -0.2) is 36.1 Å². The van der Waals surface area contributed by atoms with Gasteiger partial charge in [0.05, 0.1) is 0 Å². The van der Waals surface area contributed by atoms with Gasteiger partial charge in [-0.1, -0.05) is 42.5 Å². The largest absolute Gasteiger partial charge is 0.444 e. The lowest BCUT2D eigenvalue weighted by atomic mass is 10.0. The van der Waals surface area contributed by atoms with Gasteiger partial charge in [0.1, 0.15) is 12.1 Å². The molecule has 150 valence electrons.